The van der Waals surface area contributed by atoms with E-state index in [0.717, 1.165) is 5.56 Å². The molecule has 0 atom stereocenters. The first-order valence-electron chi connectivity index (χ1n) is 6.09. The van der Waals surface area contributed by atoms with Crippen LogP contribution in [0, 0.1) is 0 Å². The molecule has 0 aliphatic heterocycles. The quantitative estimate of drug-likeness (QED) is 0.450. The molecule has 0 N–H and O–H groups in total. The fourth-order valence-electron chi connectivity index (χ4n) is 1.35. The van der Waals surface area contributed by atoms with Gasteiger partial charge in [0.25, 0.3) is 0 Å². The highest BCUT2D eigenvalue weighted by molar-refractivity contribution is 5.90. The van der Waals surface area contributed by atoms with Crippen molar-refractivity contribution in [2.75, 3.05) is 6.61 Å². The number of ether oxygens (including phenoxy) is 2. The molecular weight excluding hydrogens is 260 g/mol. The maximum Gasteiger partial charge on any atom is 0.351 e. The molecule has 1 rings (SSSR count). The zero-order chi connectivity index (χ0) is 15.0. The number of hydrogen-bond donors (Lipinski definition) is 0. The Morgan fingerprint density at radius 3 is 2.35 bits per heavy atom. The molecule has 5 nitrogen and oxygen atoms in total. The summed E-state index contributed by atoms with van der Waals surface area (Å²) in [4.78, 5) is 33.7. The first-order valence-corrected chi connectivity index (χ1v) is 6.09. The second-order valence-electron chi connectivity index (χ2n) is 4.19. The Morgan fingerprint density at radius 1 is 1.10 bits per heavy atom. The summed E-state index contributed by atoms with van der Waals surface area (Å²) in [5.74, 6) is -2.23. The topological polar surface area (TPSA) is 69.7 Å². The van der Waals surface area contributed by atoms with Crippen LogP contribution in [-0.4, -0.2) is 24.5 Å². The first kappa shape index (κ1) is 15.6. The number of benzene rings is 1. The van der Waals surface area contributed by atoms with Crippen LogP contribution >= 0.6 is 0 Å². The minimum absolute atomic E-state index is 0.0875. The van der Waals surface area contributed by atoms with E-state index in [2.05, 4.69) is 16.1 Å². The van der Waals surface area contributed by atoms with Gasteiger partial charge in [-0.15, -0.1) is 0 Å². The summed E-state index contributed by atoms with van der Waals surface area (Å²) in [6, 6.07) is 9.36. The van der Waals surface area contributed by atoms with E-state index in [4.69, 9.17) is 0 Å². The van der Waals surface area contributed by atoms with Crippen LogP contribution in [0.25, 0.3) is 0 Å². The fourth-order valence-corrected chi connectivity index (χ4v) is 1.35. The summed E-state index contributed by atoms with van der Waals surface area (Å²) in [6.45, 7) is 4.23. The van der Waals surface area contributed by atoms with Gasteiger partial charge in [0.15, 0.2) is 6.61 Å². The smallest absolute Gasteiger partial charge is 0.351 e. The van der Waals surface area contributed by atoms with E-state index in [9.17, 15) is 14.4 Å². The van der Waals surface area contributed by atoms with Crippen LogP contribution in [0.15, 0.2) is 42.5 Å². The van der Waals surface area contributed by atoms with E-state index in [1.165, 1.54) is 6.92 Å². The molecule has 0 aliphatic rings. The van der Waals surface area contributed by atoms with Gasteiger partial charge in [-0.1, -0.05) is 36.9 Å². The average Bonchev–Trinajstić information content (AvgIpc) is 2.43. The zero-order valence-electron chi connectivity index (χ0n) is 11.3. The van der Waals surface area contributed by atoms with E-state index >= 15 is 0 Å². The predicted molar refractivity (Wildman–Crippen MR) is 71.6 cm³/mol. The molecular formula is C15H16O5. The molecule has 0 unspecified atom stereocenters. The van der Waals surface area contributed by atoms with Crippen molar-refractivity contribution in [3.05, 3.63) is 48.0 Å². The molecule has 0 bridgehead atoms. The maximum atomic E-state index is 11.4. The van der Waals surface area contributed by atoms with Gasteiger partial charge in [0, 0.05) is 5.57 Å². The van der Waals surface area contributed by atoms with Crippen LogP contribution in [0.4, 0.5) is 0 Å². The van der Waals surface area contributed by atoms with E-state index < -0.39 is 24.5 Å². The standard InChI is InChI=1S/C15H16O5/c1-11(2)15(18)19-10-14(17)20-13(16)9-8-12-6-4-3-5-7-12/h3-7H,1,8-10H2,2H3. The normalized spacial score (nSPS) is 9.65. The molecule has 106 valence electrons. The third kappa shape index (κ3) is 5.95. The highest BCUT2D eigenvalue weighted by Gasteiger charge is 2.13. The molecule has 0 saturated carbocycles. The minimum Gasteiger partial charge on any atom is -0.450 e. The molecule has 1 aromatic carbocycles. The molecule has 0 spiro atoms. The van der Waals surface area contributed by atoms with Crippen molar-refractivity contribution in [2.24, 2.45) is 0 Å². The van der Waals surface area contributed by atoms with Gasteiger partial charge in [-0.2, -0.15) is 0 Å². The predicted octanol–water partition coefficient (Wildman–Crippen LogP) is 1.81. The zero-order valence-corrected chi connectivity index (χ0v) is 11.3. The number of aryl methyl sites for hydroxylation is 1. The Kier molecular flexibility index (Phi) is 6.16. The fraction of sp³-hybridized carbons (Fsp3) is 0.267. The molecule has 1 aromatic rings. The molecule has 0 radical (unpaired) electrons. The van der Waals surface area contributed by atoms with Gasteiger partial charge in [0.1, 0.15) is 0 Å². The van der Waals surface area contributed by atoms with E-state index in [1.54, 1.807) is 0 Å². The van der Waals surface area contributed by atoms with Gasteiger partial charge in [0.2, 0.25) is 0 Å². The van der Waals surface area contributed by atoms with Crippen molar-refractivity contribution < 1.29 is 23.9 Å². The van der Waals surface area contributed by atoms with Gasteiger partial charge >= 0.3 is 17.9 Å². The number of hydrogen-bond acceptors (Lipinski definition) is 5. The summed E-state index contributed by atoms with van der Waals surface area (Å²) in [6.07, 6.45) is 0.572. The van der Waals surface area contributed by atoms with Crippen LogP contribution < -0.4 is 0 Å². The van der Waals surface area contributed by atoms with E-state index in [-0.39, 0.29) is 12.0 Å². The average molecular weight is 276 g/mol. The lowest BCUT2D eigenvalue weighted by Gasteiger charge is -2.04. The lowest BCUT2D eigenvalue weighted by atomic mass is 10.1. The highest BCUT2D eigenvalue weighted by Crippen LogP contribution is 2.03. The lowest BCUT2D eigenvalue weighted by Crippen LogP contribution is -2.20. The Labute approximate surface area is 117 Å². The molecule has 0 saturated heterocycles. The van der Waals surface area contributed by atoms with Gasteiger partial charge in [-0.25, -0.2) is 9.59 Å². The molecule has 0 fully saturated rings. The van der Waals surface area contributed by atoms with Crippen molar-refractivity contribution in [2.45, 2.75) is 19.8 Å². The molecule has 20 heavy (non-hydrogen) atoms. The monoisotopic (exact) mass is 276 g/mol. The number of rotatable bonds is 6. The summed E-state index contributed by atoms with van der Waals surface area (Å²) in [5, 5.41) is 0. The maximum absolute atomic E-state index is 11.4. The summed E-state index contributed by atoms with van der Waals surface area (Å²) >= 11 is 0. The Bertz CT molecular complexity index is 504. The molecule has 0 aliphatic carbocycles. The lowest BCUT2D eigenvalue weighted by molar-refractivity contribution is -0.166. The van der Waals surface area contributed by atoms with Crippen molar-refractivity contribution in [1.29, 1.82) is 0 Å². The van der Waals surface area contributed by atoms with Gasteiger partial charge in [-0.3, -0.25) is 4.79 Å². The van der Waals surface area contributed by atoms with Crippen molar-refractivity contribution in [3.63, 3.8) is 0 Å². The number of carbonyl (C=O) groups excluding carboxylic acids is 3. The van der Waals surface area contributed by atoms with Crippen molar-refractivity contribution in [3.8, 4) is 0 Å². The van der Waals surface area contributed by atoms with Crippen LogP contribution in [-0.2, 0) is 30.3 Å². The van der Waals surface area contributed by atoms with Crippen LogP contribution in [0.1, 0.15) is 18.9 Å². The summed E-state index contributed by atoms with van der Waals surface area (Å²) in [5.41, 5.74) is 1.15. The van der Waals surface area contributed by atoms with Crippen molar-refractivity contribution >= 4 is 17.9 Å². The second kappa shape index (κ2) is 7.89. The first-order chi connectivity index (χ1) is 9.49. The van der Waals surface area contributed by atoms with Gasteiger partial charge < -0.3 is 9.47 Å². The number of carbonyl (C=O) groups is 3. The van der Waals surface area contributed by atoms with Crippen molar-refractivity contribution in [1.82, 2.24) is 0 Å². The largest absolute Gasteiger partial charge is 0.450 e. The third-order valence-corrected chi connectivity index (χ3v) is 2.36. The third-order valence-electron chi connectivity index (χ3n) is 2.36. The summed E-state index contributed by atoms with van der Waals surface area (Å²) < 4.78 is 9.08. The molecule has 0 amide bonds. The van der Waals surface area contributed by atoms with Crippen LogP contribution in [0.3, 0.4) is 0 Å². The highest BCUT2D eigenvalue weighted by atomic mass is 16.6. The Hall–Kier alpha value is -2.43. The molecule has 5 heteroatoms. The van der Waals surface area contributed by atoms with Crippen LogP contribution in [0.2, 0.25) is 0 Å². The molecule has 0 heterocycles. The number of esters is 3. The minimum atomic E-state index is -0.891. The van der Waals surface area contributed by atoms with Gasteiger partial charge in [0.05, 0.1) is 6.42 Å². The van der Waals surface area contributed by atoms with E-state index in [0.29, 0.717) is 6.42 Å². The Morgan fingerprint density at radius 2 is 1.75 bits per heavy atom. The van der Waals surface area contributed by atoms with Gasteiger partial charge in [-0.05, 0) is 18.9 Å². The Balaban J connectivity index is 2.26. The second-order valence-corrected chi connectivity index (χ2v) is 4.19. The SMILES string of the molecule is C=C(C)C(=O)OCC(=O)OC(=O)CCc1ccccc1. The molecule has 0 aromatic heterocycles. The van der Waals surface area contributed by atoms with Crippen LogP contribution in [0.5, 0.6) is 0 Å². The summed E-state index contributed by atoms with van der Waals surface area (Å²) in [7, 11) is 0. The van der Waals surface area contributed by atoms with E-state index in [1.807, 2.05) is 30.3 Å².